The Bertz CT molecular complexity index is 389. The molecule has 0 bridgehead atoms. The Morgan fingerprint density at radius 3 is 2.89 bits per heavy atom. The van der Waals surface area contributed by atoms with Crippen molar-refractivity contribution in [3.05, 3.63) is 34.9 Å². The van der Waals surface area contributed by atoms with Gasteiger partial charge in [-0.15, -0.1) is 0 Å². The average molecular weight is 247 g/mol. The smallest absolute Gasteiger partial charge is 0.0613 e. The van der Waals surface area contributed by atoms with Gasteiger partial charge < -0.3 is 10.1 Å². The van der Waals surface area contributed by atoms with E-state index in [1.165, 1.54) is 23.1 Å². The number of nitrogens with one attached hydrogen (secondary N) is 1. The number of aryl methyl sites for hydroxylation is 2. The number of ether oxygens (including phenoxy) is 1. The Kier molecular flexibility index (Phi) is 4.79. The first-order chi connectivity index (χ1) is 8.70. The molecule has 2 heteroatoms. The normalized spacial score (nSPS) is 23.5. The second-order valence-electron chi connectivity index (χ2n) is 5.43. The molecule has 2 unspecified atom stereocenters. The van der Waals surface area contributed by atoms with E-state index in [1.807, 2.05) is 0 Å². The first-order valence-electron chi connectivity index (χ1n) is 7.09. The van der Waals surface area contributed by atoms with Crippen LogP contribution in [0.2, 0.25) is 0 Å². The maximum absolute atomic E-state index is 5.72. The van der Waals surface area contributed by atoms with Gasteiger partial charge in [0.2, 0.25) is 0 Å². The quantitative estimate of drug-likeness (QED) is 0.862. The summed E-state index contributed by atoms with van der Waals surface area (Å²) in [5.74, 6) is 0.695. The zero-order valence-corrected chi connectivity index (χ0v) is 11.8. The summed E-state index contributed by atoms with van der Waals surface area (Å²) < 4.78 is 5.72. The van der Waals surface area contributed by atoms with Gasteiger partial charge in [0.05, 0.1) is 6.10 Å². The molecule has 1 N–H and O–H groups in total. The van der Waals surface area contributed by atoms with Crippen molar-refractivity contribution in [2.75, 3.05) is 13.2 Å². The van der Waals surface area contributed by atoms with Crippen molar-refractivity contribution in [3.8, 4) is 0 Å². The van der Waals surface area contributed by atoms with Gasteiger partial charge in [-0.2, -0.15) is 0 Å². The van der Waals surface area contributed by atoms with Gasteiger partial charge in [0, 0.05) is 19.7 Å². The predicted molar refractivity (Wildman–Crippen MR) is 75.8 cm³/mol. The van der Waals surface area contributed by atoms with Gasteiger partial charge in [0.15, 0.2) is 0 Å². The van der Waals surface area contributed by atoms with Crippen LogP contribution in [0.5, 0.6) is 0 Å². The van der Waals surface area contributed by atoms with Crippen molar-refractivity contribution >= 4 is 0 Å². The van der Waals surface area contributed by atoms with E-state index in [1.54, 1.807) is 0 Å². The largest absolute Gasteiger partial charge is 0.378 e. The minimum Gasteiger partial charge on any atom is -0.378 e. The van der Waals surface area contributed by atoms with Crippen LogP contribution in [0, 0.1) is 19.8 Å². The molecule has 2 nitrogen and oxygen atoms in total. The number of hydrogen-bond acceptors (Lipinski definition) is 2. The van der Waals surface area contributed by atoms with Crippen molar-refractivity contribution in [2.24, 2.45) is 5.92 Å². The number of rotatable bonds is 5. The molecule has 1 aliphatic rings. The fourth-order valence-corrected chi connectivity index (χ4v) is 2.81. The minimum atomic E-state index is 0.469. The molecule has 1 heterocycles. The van der Waals surface area contributed by atoms with Crippen LogP contribution in [-0.4, -0.2) is 19.3 Å². The lowest BCUT2D eigenvalue weighted by molar-refractivity contribution is 0.0872. The summed E-state index contributed by atoms with van der Waals surface area (Å²) in [6, 6.07) is 6.68. The third-order valence-corrected chi connectivity index (χ3v) is 3.97. The van der Waals surface area contributed by atoms with Crippen molar-refractivity contribution in [3.63, 3.8) is 0 Å². The molecule has 0 aromatic heterocycles. The first-order valence-corrected chi connectivity index (χ1v) is 7.09. The molecule has 1 aromatic rings. The Morgan fingerprint density at radius 1 is 1.33 bits per heavy atom. The van der Waals surface area contributed by atoms with Gasteiger partial charge in [-0.1, -0.05) is 30.7 Å². The van der Waals surface area contributed by atoms with Crippen molar-refractivity contribution in [1.29, 1.82) is 0 Å². The van der Waals surface area contributed by atoms with Crippen LogP contribution in [-0.2, 0) is 11.3 Å². The van der Waals surface area contributed by atoms with Crippen LogP contribution in [0.3, 0.4) is 0 Å². The highest BCUT2D eigenvalue weighted by Crippen LogP contribution is 2.22. The molecule has 1 aromatic carbocycles. The van der Waals surface area contributed by atoms with E-state index < -0.39 is 0 Å². The molecule has 1 fully saturated rings. The molecule has 0 saturated carbocycles. The van der Waals surface area contributed by atoms with Crippen LogP contribution < -0.4 is 5.32 Å². The Hall–Kier alpha value is -0.860. The molecule has 0 amide bonds. The maximum atomic E-state index is 5.72. The predicted octanol–water partition coefficient (Wildman–Crippen LogP) is 3.21. The summed E-state index contributed by atoms with van der Waals surface area (Å²) in [7, 11) is 0. The molecule has 100 valence electrons. The van der Waals surface area contributed by atoms with Gasteiger partial charge in [-0.05, 0) is 43.7 Å². The molecule has 0 radical (unpaired) electrons. The van der Waals surface area contributed by atoms with Crippen LogP contribution in [0.25, 0.3) is 0 Å². The number of benzene rings is 1. The van der Waals surface area contributed by atoms with Crippen LogP contribution in [0.4, 0.5) is 0 Å². The molecule has 18 heavy (non-hydrogen) atoms. The first kappa shape index (κ1) is 13.6. The second-order valence-corrected chi connectivity index (χ2v) is 5.43. The second kappa shape index (κ2) is 6.35. The van der Waals surface area contributed by atoms with Gasteiger partial charge in [0.25, 0.3) is 0 Å². The van der Waals surface area contributed by atoms with E-state index >= 15 is 0 Å². The van der Waals surface area contributed by atoms with E-state index in [0.717, 1.165) is 26.1 Å². The van der Waals surface area contributed by atoms with Gasteiger partial charge in [-0.25, -0.2) is 0 Å². The molecular formula is C16H25NO. The molecule has 0 spiro atoms. The molecule has 1 aliphatic heterocycles. The highest BCUT2D eigenvalue weighted by molar-refractivity contribution is 5.30. The zero-order chi connectivity index (χ0) is 13.0. The molecule has 2 atom stereocenters. The molecule has 0 aliphatic carbocycles. The highest BCUT2D eigenvalue weighted by atomic mass is 16.5. The van der Waals surface area contributed by atoms with E-state index in [0.29, 0.717) is 12.0 Å². The standard InChI is InChI=1S/C16H25NO/c1-4-16-15(7-8-18-16)11-17-10-14-6-5-12(2)9-13(14)3/h5-6,9,15-17H,4,7-8,10-11H2,1-3H3. The third kappa shape index (κ3) is 3.33. The minimum absolute atomic E-state index is 0.469. The molecular weight excluding hydrogens is 222 g/mol. The van der Waals surface area contributed by atoms with Crippen molar-refractivity contribution in [1.82, 2.24) is 5.32 Å². The summed E-state index contributed by atoms with van der Waals surface area (Å²) in [6.45, 7) is 9.54. The summed E-state index contributed by atoms with van der Waals surface area (Å²) in [5.41, 5.74) is 4.14. The lowest BCUT2D eigenvalue weighted by Gasteiger charge is -2.17. The summed E-state index contributed by atoms with van der Waals surface area (Å²) in [4.78, 5) is 0. The summed E-state index contributed by atoms with van der Waals surface area (Å²) in [5, 5.41) is 3.59. The van der Waals surface area contributed by atoms with Gasteiger partial charge in [0.1, 0.15) is 0 Å². The van der Waals surface area contributed by atoms with E-state index in [9.17, 15) is 0 Å². The Morgan fingerprint density at radius 2 is 2.17 bits per heavy atom. The van der Waals surface area contributed by atoms with Crippen LogP contribution in [0.1, 0.15) is 36.5 Å². The van der Waals surface area contributed by atoms with E-state index in [4.69, 9.17) is 4.74 Å². The summed E-state index contributed by atoms with van der Waals surface area (Å²) in [6.07, 6.45) is 2.81. The third-order valence-electron chi connectivity index (χ3n) is 3.97. The maximum Gasteiger partial charge on any atom is 0.0613 e. The zero-order valence-electron chi connectivity index (χ0n) is 11.8. The molecule has 1 saturated heterocycles. The topological polar surface area (TPSA) is 21.3 Å². The van der Waals surface area contributed by atoms with Gasteiger partial charge >= 0.3 is 0 Å². The van der Waals surface area contributed by atoms with Gasteiger partial charge in [-0.3, -0.25) is 0 Å². The highest BCUT2D eigenvalue weighted by Gasteiger charge is 2.25. The fourth-order valence-electron chi connectivity index (χ4n) is 2.81. The van der Waals surface area contributed by atoms with Crippen LogP contribution >= 0.6 is 0 Å². The lowest BCUT2D eigenvalue weighted by atomic mass is 9.99. The average Bonchev–Trinajstić information content (AvgIpc) is 2.79. The summed E-state index contributed by atoms with van der Waals surface area (Å²) >= 11 is 0. The van der Waals surface area contributed by atoms with E-state index in [-0.39, 0.29) is 0 Å². The van der Waals surface area contributed by atoms with Crippen LogP contribution in [0.15, 0.2) is 18.2 Å². The Balaban J connectivity index is 1.81. The van der Waals surface area contributed by atoms with Crippen molar-refractivity contribution < 1.29 is 4.74 Å². The lowest BCUT2D eigenvalue weighted by Crippen LogP contribution is -2.28. The molecule has 2 rings (SSSR count). The fraction of sp³-hybridized carbons (Fsp3) is 0.625. The SMILES string of the molecule is CCC1OCCC1CNCc1ccc(C)cc1C. The Labute approximate surface area is 111 Å². The van der Waals surface area contributed by atoms with Crippen molar-refractivity contribution in [2.45, 2.75) is 46.3 Å². The number of hydrogen-bond donors (Lipinski definition) is 1. The monoisotopic (exact) mass is 247 g/mol. The van der Waals surface area contributed by atoms with E-state index in [2.05, 4.69) is 44.3 Å².